The molecule has 0 saturated heterocycles. The number of hydrogen-bond acceptors (Lipinski definition) is 4. The fourth-order valence-electron chi connectivity index (χ4n) is 2.76. The molecule has 0 aliphatic heterocycles. The molecule has 0 radical (unpaired) electrons. The van der Waals surface area contributed by atoms with Crippen LogP contribution < -0.4 is 5.32 Å². The number of nitrogens with zero attached hydrogens (tertiary/aromatic N) is 3. The Hall–Kier alpha value is -3.67. The molecule has 0 fully saturated rings. The van der Waals surface area contributed by atoms with E-state index in [1.54, 1.807) is 28.9 Å². The molecule has 6 nitrogen and oxygen atoms in total. The number of aryl methyl sites for hydroxylation is 1. The fraction of sp³-hybridized carbons (Fsp3) is 0.0500. The van der Waals surface area contributed by atoms with E-state index < -0.39 is 0 Å². The molecule has 0 spiro atoms. The van der Waals surface area contributed by atoms with Crippen LogP contribution in [0.1, 0.15) is 15.9 Å². The molecule has 0 bridgehead atoms. The van der Waals surface area contributed by atoms with E-state index in [9.17, 15) is 9.90 Å². The lowest BCUT2D eigenvalue weighted by molar-refractivity contribution is 0.102. The van der Waals surface area contributed by atoms with Gasteiger partial charge in [0.05, 0.1) is 17.6 Å². The molecule has 2 aromatic heterocycles. The number of aromatic nitrogens is 3. The van der Waals surface area contributed by atoms with E-state index in [-0.39, 0.29) is 11.7 Å². The van der Waals surface area contributed by atoms with Crippen LogP contribution in [0.2, 0.25) is 0 Å². The molecular formula is C20H16N4O2. The summed E-state index contributed by atoms with van der Waals surface area (Å²) in [6.07, 6.45) is 3.14. The van der Waals surface area contributed by atoms with E-state index >= 15 is 0 Å². The lowest BCUT2D eigenvalue weighted by Gasteiger charge is -2.07. The molecule has 4 rings (SSSR count). The summed E-state index contributed by atoms with van der Waals surface area (Å²) in [5.41, 5.74) is 4.13. The third-order valence-electron chi connectivity index (χ3n) is 4.15. The van der Waals surface area contributed by atoms with E-state index in [4.69, 9.17) is 0 Å². The summed E-state index contributed by atoms with van der Waals surface area (Å²) in [5.74, 6) is -0.374. The average molecular weight is 344 g/mol. The van der Waals surface area contributed by atoms with Gasteiger partial charge in [0.25, 0.3) is 5.91 Å². The number of rotatable bonds is 3. The Kier molecular flexibility index (Phi) is 3.85. The Labute approximate surface area is 149 Å². The normalized spacial score (nSPS) is 10.8. The van der Waals surface area contributed by atoms with E-state index in [1.807, 2.05) is 37.3 Å². The van der Waals surface area contributed by atoms with Crippen molar-refractivity contribution in [3.05, 3.63) is 78.1 Å². The Morgan fingerprint density at radius 3 is 2.62 bits per heavy atom. The zero-order valence-electron chi connectivity index (χ0n) is 14.0. The maximum absolute atomic E-state index is 12.6. The quantitative estimate of drug-likeness (QED) is 0.556. The maximum Gasteiger partial charge on any atom is 0.261 e. The smallest absolute Gasteiger partial charge is 0.261 e. The number of anilines is 1. The van der Waals surface area contributed by atoms with Crippen molar-refractivity contribution in [1.29, 1.82) is 0 Å². The van der Waals surface area contributed by atoms with Gasteiger partial charge >= 0.3 is 0 Å². The molecule has 0 unspecified atom stereocenters. The lowest BCUT2D eigenvalue weighted by Crippen LogP contribution is -2.12. The molecule has 0 aliphatic carbocycles. The van der Waals surface area contributed by atoms with Gasteiger partial charge in [-0.05, 0) is 25.1 Å². The van der Waals surface area contributed by atoms with Gasteiger partial charge in [-0.25, -0.2) is 9.50 Å². The van der Waals surface area contributed by atoms with Crippen LogP contribution in [0, 0.1) is 6.92 Å². The van der Waals surface area contributed by atoms with Crippen LogP contribution >= 0.6 is 0 Å². The number of phenols is 1. The van der Waals surface area contributed by atoms with Crippen molar-refractivity contribution >= 4 is 17.2 Å². The highest BCUT2D eigenvalue weighted by Gasteiger charge is 2.17. The highest BCUT2D eigenvalue weighted by Crippen LogP contribution is 2.24. The predicted molar refractivity (Wildman–Crippen MR) is 99.2 cm³/mol. The molecule has 128 valence electrons. The monoisotopic (exact) mass is 344 g/mol. The minimum absolute atomic E-state index is 0.00521. The summed E-state index contributed by atoms with van der Waals surface area (Å²) in [5, 5.41) is 16.9. The summed E-state index contributed by atoms with van der Waals surface area (Å²) in [6.45, 7) is 2.03. The zero-order valence-corrected chi connectivity index (χ0v) is 14.0. The first-order chi connectivity index (χ1) is 12.6. The number of amides is 1. The number of nitrogens with one attached hydrogen (secondary N) is 1. The molecule has 4 aromatic rings. The number of fused-ring (bicyclic) bond motifs is 1. The number of para-hydroxylation sites is 2. The van der Waals surface area contributed by atoms with Gasteiger partial charge in [-0.2, -0.15) is 5.10 Å². The van der Waals surface area contributed by atoms with Gasteiger partial charge in [0.15, 0.2) is 5.65 Å². The first kappa shape index (κ1) is 15.8. The van der Waals surface area contributed by atoms with Crippen molar-refractivity contribution < 1.29 is 9.90 Å². The molecule has 2 aromatic carbocycles. The van der Waals surface area contributed by atoms with Gasteiger partial charge in [0, 0.05) is 11.8 Å². The maximum atomic E-state index is 12.6. The number of aromatic hydroxyl groups is 1. The van der Waals surface area contributed by atoms with Crippen molar-refractivity contribution in [3.8, 4) is 17.0 Å². The highest BCUT2D eigenvalue weighted by molar-refractivity contribution is 6.08. The van der Waals surface area contributed by atoms with Gasteiger partial charge in [0.2, 0.25) is 0 Å². The second-order valence-electron chi connectivity index (χ2n) is 5.96. The minimum atomic E-state index is -0.380. The highest BCUT2D eigenvalue weighted by atomic mass is 16.3. The Balaban J connectivity index is 1.74. The van der Waals surface area contributed by atoms with Crippen LogP contribution in [-0.2, 0) is 0 Å². The third kappa shape index (κ3) is 2.77. The van der Waals surface area contributed by atoms with Crippen LogP contribution in [0.4, 0.5) is 5.69 Å². The van der Waals surface area contributed by atoms with E-state index in [1.165, 1.54) is 17.8 Å². The molecule has 26 heavy (non-hydrogen) atoms. The topological polar surface area (TPSA) is 79.5 Å². The average Bonchev–Trinajstić information content (AvgIpc) is 3.09. The first-order valence-electron chi connectivity index (χ1n) is 8.12. The second kappa shape index (κ2) is 6.33. The minimum Gasteiger partial charge on any atom is -0.506 e. The van der Waals surface area contributed by atoms with E-state index in [0.717, 1.165) is 11.3 Å². The Bertz CT molecular complexity index is 1100. The van der Waals surface area contributed by atoms with Gasteiger partial charge in [-0.15, -0.1) is 0 Å². The van der Waals surface area contributed by atoms with E-state index in [2.05, 4.69) is 15.4 Å². The van der Waals surface area contributed by atoms with Crippen molar-refractivity contribution in [1.82, 2.24) is 14.6 Å². The fourth-order valence-corrected chi connectivity index (χ4v) is 2.76. The number of phenolic OH excluding ortho intramolecular Hbond substituents is 1. The number of benzene rings is 2. The largest absolute Gasteiger partial charge is 0.506 e. The molecule has 0 aliphatic rings. The van der Waals surface area contributed by atoms with Crippen molar-refractivity contribution in [2.75, 3.05) is 5.32 Å². The molecular weight excluding hydrogens is 328 g/mol. The van der Waals surface area contributed by atoms with Gasteiger partial charge in [-0.3, -0.25) is 4.79 Å². The molecule has 2 heterocycles. The Morgan fingerprint density at radius 2 is 1.85 bits per heavy atom. The van der Waals surface area contributed by atoms with Crippen LogP contribution in [0.15, 0.2) is 67.0 Å². The standard InChI is InChI=1S/C20H16N4O2/c1-13-6-8-14(9-7-13)17-10-11-21-19-15(12-22-24(17)19)20(26)23-16-4-2-3-5-18(16)25/h2-12,25H,1H3,(H,23,26). The van der Waals surface area contributed by atoms with Crippen LogP contribution in [-0.4, -0.2) is 25.6 Å². The molecule has 0 saturated carbocycles. The first-order valence-corrected chi connectivity index (χ1v) is 8.12. The molecule has 0 atom stereocenters. The summed E-state index contributed by atoms with van der Waals surface area (Å²) >= 11 is 0. The summed E-state index contributed by atoms with van der Waals surface area (Å²) in [7, 11) is 0. The number of hydrogen-bond donors (Lipinski definition) is 2. The lowest BCUT2D eigenvalue weighted by atomic mass is 10.1. The van der Waals surface area contributed by atoms with Crippen LogP contribution in [0.3, 0.4) is 0 Å². The van der Waals surface area contributed by atoms with Crippen molar-refractivity contribution in [3.63, 3.8) is 0 Å². The SMILES string of the molecule is Cc1ccc(-c2ccnc3c(C(=O)Nc4ccccc4O)cnn23)cc1. The summed E-state index contributed by atoms with van der Waals surface area (Å²) in [4.78, 5) is 16.9. The molecule has 2 N–H and O–H groups in total. The van der Waals surface area contributed by atoms with E-state index in [0.29, 0.717) is 16.9 Å². The van der Waals surface area contributed by atoms with Gasteiger partial charge in [0.1, 0.15) is 11.3 Å². The van der Waals surface area contributed by atoms with Crippen molar-refractivity contribution in [2.45, 2.75) is 6.92 Å². The van der Waals surface area contributed by atoms with Gasteiger partial charge < -0.3 is 10.4 Å². The van der Waals surface area contributed by atoms with Crippen molar-refractivity contribution in [2.24, 2.45) is 0 Å². The molecule has 6 heteroatoms. The molecule has 1 amide bonds. The summed E-state index contributed by atoms with van der Waals surface area (Å²) in [6, 6.07) is 16.5. The third-order valence-corrected chi connectivity index (χ3v) is 4.15. The van der Waals surface area contributed by atoms with Crippen LogP contribution in [0.25, 0.3) is 16.9 Å². The Morgan fingerprint density at radius 1 is 1.08 bits per heavy atom. The van der Waals surface area contributed by atoms with Gasteiger partial charge in [-0.1, -0.05) is 42.0 Å². The predicted octanol–water partition coefficient (Wildman–Crippen LogP) is 3.66. The second-order valence-corrected chi connectivity index (χ2v) is 5.96. The number of carbonyl (C=O) groups is 1. The zero-order chi connectivity index (χ0) is 18.1. The number of carbonyl (C=O) groups excluding carboxylic acids is 1. The summed E-state index contributed by atoms with van der Waals surface area (Å²) < 4.78 is 1.64. The van der Waals surface area contributed by atoms with Crippen LogP contribution in [0.5, 0.6) is 5.75 Å².